The second-order valence-electron chi connectivity index (χ2n) is 6.04. The number of ether oxygens (including phenoxy) is 1. The molecule has 2 aliphatic heterocycles. The van der Waals surface area contributed by atoms with E-state index in [4.69, 9.17) is 0 Å². The summed E-state index contributed by atoms with van der Waals surface area (Å²) in [5.41, 5.74) is 2.11. The molecule has 130 valence electrons. The molecule has 1 saturated heterocycles. The van der Waals surface area contributed by atoms with Crippen LogP contribution in [0.3, 0.4) is 0 Å². The van der Waals surface area contributed by atoms with Crippen LogP contribution in [-0.2, 0) is 23.9 Å². The molecule has 2 atom stereocenters. The maximum atomic E-state index is 12.9. The molecule has 8 nitrogen and oxygen atoms in total. The first-order valence-corrected chi connectivity index (χ1v) is 7.69. The summed E-state index contributed by atoms with van der Waals surface area (Å²) in [7, 11) is 1.15. The molecule has 3 amide bonds. The number of anilines is 1. The van der Waals surface area contributed by atoms with E-state index in [1.54, 1.807) is 18.2 Å². The number of hydrogen-bond donors (Lipinski definition) is 0. The van der Waals surface area contributed by atoms with Crippen LogP contribution in [0.25, 0.3) is 0 Å². The van der Waals surface area contributed by atoms with E-state index < -0.39 is 35.7 Å². The Balaban J connectivity index is 2.07. The lowest BCUT2D eigenvalue weighted by molar-refractivity contribution is -0.136. The number of imide groups is 1. The minimum atomic E-state index is -1.15. The Labute approximate surface area is 144 Å². The molecule has 0 radical (unpaired) electrons. The monoisotopic (exact) mass is 343 g/mol. The summed E-state index contributed by atoms with van der Waals surface area (Å²) in [4.78, 5) is 50.5. The second kappa shape index (κ2) is 5.80. The van der Waals surface area contributed by atoms with Gasteiger partial charge in [0.05, 0.1) is 12.8 Å². The number of amides is 3. The minimum Gasteiger partial charge on any atom is -0.464 e. The van der Waals surface area contributed by atoms with Crippen LogP contribution in [0.4, 0.5) is 5.69 Å². The number of aryl methyl sites for hydroxylation is 2. The Morgan fingerprint density at radius 1 is 1.12 bits per heavy atom. The van der Waals surface area contributed by atoms with Crippen molar-refractivity contribution in [3.8, 4) is 0 Å². The van der Waals surface area contributed by atoms with E-state index in [2.05, 4.69) is 9.84 Å². The molecule has 0 aliphatic carbocycles. The van der Waals surface area contributed by atoms with E-state index in [1.807, 2.05) is 13.8 Å². The van der Waals surface area contributed by atoms with Crippen LogP contribution in [0, 0.1) is 19.8 Å². The topological polar surface area (TPSA) is 96.3 Å². The van der Waals surface area contributed by atoms with Crippen molar-refractivity contribution in [2.24, 2.45) is 11.0 Å². The van der Waals surface area contributed by atoms with Gasteiger partial charge < -0.3 is 4.74 Å². The highest BCUT2D eigenvalue weighted by molar-refractivity contribution is 6.47. The van der Waals surface area contributed by atoms with Crippen molar-refractivity contribution < 1.29 is 23.9 Å². The number of hydrogen-bond acceptors (Lipinski definition) is 6. The standard InChI is InChI=1S/C17H17N3O5/c1-8-5-6-11(7-9(8)2)19-15(22)12-13(17(24)25-4)18-20(10(3)21)14(12)16(19)23/h5-7,12,14H,1-4H3/t12-,14-/m0/s1. The Hall–Kier alpha value is -3.03. The normalized spacial score (nSPS) is 22.2. The van der Waals surface area contributed by atoms with Crippen molar-refractivity contribution in [3.05, 3.63) is 29.3 Å². The smallest absolute Gasteiger partial charge is 0.355 e. The zero-order valence-corrected chi connectivity index (χ0v) is 14.3. The molecule has 0 saturated carbocycles. The van der Waals surface area contributed by atoms with Crippen molar-refractivity contribution in [2.75, 3.05) is 12.0 Å². The van der Waals surface area contributed by atoms with Gasteiger partial charge in [-0.15, -0.1) is 0 Å². The largest absolute Gasteiger partial charge is 0.464 e. The van der Waals surface area contributed by atoms with Gasteiger partial charge in [-0.1, -0.05) is 6.07 Å². The molecule has 0 spiro atoms. The number of rotatable bonds is 2. The predicted molar refractivity (Wildman–Crippen MR) is 87.7 cm³/mol. The number of benzene rings is 1. The van der Waals surface area contributed by atoms with Gasteiger partial charge in [0.2, 0.25) is 11.8 Å². The number of carbonyl (C=O) groups is 4. The zero-order chi connectivity index (χ0) is 18.5. The summed E-state index contributed by atoms with van der Waals surface area (Å²) in [6.45, 7) is 5.01. The van der Waals surface area contributed by atoms with E-state index in [1.165, 1.54) is 6.92 Å². The number of nitrogens with zero attached hydrogens (tertiary/aromatic N) is 3. The molecule has 2 heterocycles. The molecular formula is C17H17N3O5. The molecule has 2 aliphatic rings. The fourth-order valence-corrected chi connectivity index (χ4v) is 3.07. The molecule has 25 heavy (non-hydrogen) atoms. The Morgan fingerprint density at radius 3 is 2.36 bits per heavy atom. The highest BCUT2D eigenvalue weighted by Gasteiger charge is 2.59. The molecule has 0 bridgehead atoms. The average molecular weight is 343 g/mol. The molecule has 1 aromatic rings. The van der Waals surface area contributed by atoms with E-state index >= 15 is 0 Å². The van der Waals surface area contributed by atoms with Crippen LogP contribution in [0.15, 0.2) is 23.3 Å². The lowest BCUT2D eigenvalue weighted by atomic mass is 9.98. The van der Waals surface area contributed by atoms with Gasteiger partial charge in [0, 0.05) is 6.92 Å². The van der Waals surface area contributed by atoms with Crippen LogP contribution in [0.1, 0.15) is 18.1 Å². The Bertz CT molecular complexity index is 845. The van der Waals surface area contributed by atoms with Crippen molar-refractivity contribution in [2.45, 2.75) is 26.8 Å². The van der Waals surface area contributed by atoms with Crippen LogP contribution < -0.4 is 4.90 Å². The molecule has 0 unspecified atom stereocenters. The molecule has 1 fully saturated rings. The maximum Gasteiger partial charge on any atom is 0.355 e. The van der Waals surface area contributed by atoms with Gasteiger partial charge >= 0.3 is 5.97 Å². The third kappa shape index (κ3) is 2.41. The van der Waals surface area contributed by atoms with Gasteiger partial charge in [0.15, 0.2) is 11.8 Å². The Morgan fingerprint density at radius 2 is 1.80 bits per heavy atom. The van der Waals surface area contributed by atoms with Gasteiger partial charge in [0.25, 0.3) is 5.91 Å². The number of methoxy groups -OCH3 is 1. The van der Waals surface area contributed by atoms with Gasteiger partial charge in [-0.3, -0.25) is 14.4 Å². The van der Waals surface area contributed by atoms with Crippen molar-refractivity contribution in [1.82, 2.24) is 5.01 Å². The lowest BCUT2D eigenvalue weighted by Gasteiger charge is -2.19. The maximum absolute atomic E-state index is 12.9. The number of carbonyl (C=O) groups excluding carboxylic acids is 4. The number of esters is 1. The third-order valence-electron chi connectivity index (χ3n) is 4.51. The molecule has 3 rings (SSSR count). The molecule has 1 aromatic carbocycles. The van der Waals surface area contributed by atoms with Crippen LogP contribution in [0.2, 0.25) is 0 Å². The first kappa shape index (κ1) is 16.8. The summed E-state index contributed by atoms with van der Waals surface area (Å²) in [5, 5.41) is 4.75. The fraction of sp³-hybridized carbons (Fsp3) is 0.353. The number of hydrazone groups is 1. The third-order valence-corrected chi connectivity index (χ3v) is 4.51. The second-order valence-corrected chi connectivity index (χ2v) is 6.04. The quantitative estimate of drug-likeness (QED) is 0.577. The SMILES string of the molecule is COC(=O)C1=NN(C(C)=O)[C@@H]2C(=O)N(c3ccc(C)c(C)c3)C(=O)[C@@H]12. The Kier molecular flexibility index (Phi) is 3.90. The minimum absolute atomic E-state index is 0.229. The first-order chi connectivity index (χ1) is 11.8. The molecule has 0 N–H and O–H groups in total. The fourth-order valence-electron chi connectivity index (χ4n) is 3.07. The molecule has 8 heteroatoms. The van der Waals surface area contributed by atoms with Gasteiger partial charge in [-0.05, 0) is 37.1 Å². The highest BCUT2D eigenvalue weighted by Crippen LogP contribution is 2.35. The van der Waals surface area contributed by atoms with Crippen LogP contribution in [0.5, 0.6) is 0 Å². The van der Waals surface area contributed by atoms with E-state index in [9.17, 15) is 19.2 Å². The van der Waals surface area contributed by atoms with Crippen LogP contribution >= 0.6 is 0 Å². The molecular weight excluding hydrogens is 326 g/mol. The summed E-state index contributed by atoms with van der Waals surface area (Å²) < 4.78 is 4.64. The van der Waals surface area contributed by atoms with Crippen molar-refractivity contribution >= 4 is 35.1 Å². The summed E-state index contributed by atoms with van der Waals surface area (Å²) >= 11 is 0. The van der Waals surface area contributed by atoms with E-state index in [-0.39, 0.29) is 5.71 Å². The van der Waals surface area contributed by atoms with Crippen molar-refractivity contribution in [3.63, 3.8) is 0 Å². The lowest BCUT2D eigenvalue weighted by Crippen LogP contribution is -2.41. The summed E-state index contributed by atoms with van der Waals surface area (Å²) in [6.07, 6.45) is 0. The van der Waals surface area contributed by atoms with Crippen molar-refractivity contribution in [1.29, 1.82) is 0 Å². The summed E-state index contributed by atoms with van der Waals surface area (Å²) in [5.74, 6) is -3.69. The first-order valence-electron chi connectivity index (χ1n) is 7.69. The molecule has 0 aromatic heterocycles. The summed E-state index contributed by atoms with van der Waals surface area (Å²) in [6, 6.07) is 4.03. The zero-order valence-electron chi connectivity index (χ0n) is 14.3. The predicted octanol–water partition coefficient (Wildman–Crippen LogP) is 0.553. The van der Waals surface area contributed by atoms with Gasteiger partial charge in [0.1, 0.15) is 5.92 Å². The highest BCUT2D eigenvalue weighted by atomic mass is 16.5. The van der Waals surface area contributed by atoms with Gasteiger partial charge in [-0.25, -0.2) is 14.7 Å². The van der Waals surface area contributed by atoms with Crippen LogP contribution in [-0.4, -0.2) is 47.6 Å². The van der Waals surface area contributed by atoms with E-state index in [0.29, 0.717) is 5.69 Å². The number of fused-ring (bicyclic) bond motifs is 1. The van der Waals surface area contributed by atoms with E-state index in [0.717, 1.165) is 28.1 Å². The average Bonchev–Trinajstić information content (AvgIpc) is 3.08. The van der Waals surface area contributed by atoms with Gasteiger partial charge in [-0.2, -0.15) is 5.10 Å².